The number of anilines is 1. The highest BCUT2D eigenvalue weighted by molar-refractivity contribution is 6.04. The molecule has 0 bridgehead atoms. The van der Waals surface area contributed by atoms with Crippen LogP contribution in [0.3, 0.4) is 0 Å². The first-order valence-corrected chi connectivity index (χ1v) is 9.62. The number of ether oxygens (including phenoxy) is 1. The Morgan fingerprint density at radius 3 is 2.45 bits per heavy atom. The van der Waals surface area contributed by atoms with E-state index in [0.29, 0.717) is 16.8 Å². The van der Waals surface area contributed by atoms with Crippen LogP contribution >= 0.6 is 0 Å². The lowest BCUT2D eigenvalue weighted by Gasteiger charge is -2.14. The van der Waals surface area contributed by atoms with Crippen molar-refractivity contribution in [3.8, 4) is 5.75 Å². The highest BCUT2D eigenvalue weighted by atomic mass is 19.1. The van der Waals surface area contributed by atoms with Gasteiger partial charge >= 0.3 is 0 Å². The zero-order valence-electron chi connectivity index (χ0n) is 17.0. The Kier molecular flexibility index (Phi) is 7.29. The van der Waals surface area contributed by atoms with E-state index in [1.54, 1.807) is 54.9 Å². The van der Waals surface area contributed by atoms with Gasteiger partial charge in [0.2, 0.25) is 5.91 Å². The van der Waals surface area contributed by atoms with Gasteiger partial charge < -0.3 is 21.1 Å². The Bertz CT molecular complexity index is 1040. The smallest absolute Gasteiger partial charge is 0.255 e. The molecule has 0 aliphatic carbocycles. The molecule has 3 aromatic rings. The number of methoxy groups -OCH3 is 1. The van der Waals surface area contributed by atoms with Crippen molar-refractivity contribution in [2.24, 2.45) is 5.73 Å². The van der Waals surface area contributed by atoms with Gasteiger partial charge in [-0.05, 0) is 47.5 Å². The molecule has 31 heavy (non-hydrogen) atoms. The van der Waals surface area contributed by atoms with Crippen LogP contribution in [0.25, 0.3) is 0 Å². The maximum Gasteiger partial charge on any atom is 0.255 e. The van der Waals surface area contributed by atoms with Crippen LogP contribution in [0.2, 0.25) is 0 Å². The number of nitrogens with zero attached hydrogens (tertiary/aromatic N) is 1. The summed E-state index contributed by atoms with van der Waals surface area (Å²) in [4.78, 5) is 28.4. The second-order valence-electron chi connectivity index (χ2n) is 6.87. The Balaban J connectivity index is 1.51. The minimum absolute atomic E-state index is 0.0295. The highest BCUT2D eigenvalue weighted by Crippen LogP contribution is 2.18. The number of nitrogens with one attached hydrogen (secondary N) is 2. The van der Waals surface area contributed by atoms with E-state index in [1.165, 1.54) is 19.2 Å². The zero-order chi connectivity index (χ0) is 22.2. The predicted molar refractivity (Wildman–Crippen MR) is 115 cm³/mol. The number of halogens is 1. The first kappa shape index (κ1) is 21.9. The van der Waals surface area contributed by atoms with Crippen molar-refractivity contribution in [2.45, 2.75) is 12.5 Å². The number of benzene rings is 2. The van der Waals surface area contributed by atoms with Crippen LogP contribution in [0, 0.1) is 5.82 Å². The molecule has 0 saturated heterocycles. The van der Waals surface area contributed by atoms with E-state index < -0.39 is 11.9 Å². The summed E-state index contributed by atoms with van der Waals surface area (Å²) in [5, 5.41) is 5.52. The third kappa shape index (κ3) is 6.10. The van der Waals surface area contributed by atoms with Gasteiger partial charge in [-0.25, -0.2) is 4.39 Å². The quantitative estimate of drug-likeness (QED) is 0.518. The number of carbonyl (C=O) groups excluding carboxylic acids is 2. The maximum absolute atomic E-state index is 13.7. The maximum atomic E-state index is 13.7. The van der Waals surface area contributed by atoms with Crippen molar-refractivity contribution in [2.75, 3.05) is 19.0 Å². The van der Waals surface area contributed by atoms with Crippen molar-refractivity contribution in [1.29, 1.82) is 0 Å². The van der Waals surface area contributed by atoms with Gasteiger partial charge in [-0.1, -0.05) is 18.2 Å². The molecular formula is C23H23FN4O3. The number of rotatable bonds is 8. The number of aromatic nitrogens is 1. The lowest BCUT2D eigenvalue weighted by atomic mass is 10.0. The highest BCUT2D eigenvalue weighted by Gasteiger charge is 2.12. The Hall–Kier alpha value is -3.78. The first-order valence-electron chi connectivity index (χ1n) is 9.62. The van der Waals surface area contributed by atoms with E-state index >= 15 is 0 Å². The average Bonchev–Trinajstić information content (AvgIpc) is 2.78. The van der Waals surface area contributed by atoms with E-state index in [-0.39, 0.29) is 30.5 Å². The zero-order valence-corrected chi connectivity index (χ0v) is 17.0. The van der Waals surface area contributed by atoms with Crippen LogP contribution in [0.4, 0.5) is 10.1 Å². The molecule has 0 aliphatic heterocycles. The summed E-state index contributed by atoms with van der Waals surface area (Å²) in [7, 11) is 1.38. The Labute approximate surface area is 179 Å². The number of carbonyl (C=O) groups is 2. The minimum atomic E-state index is -0.516. The van der Waals surface area contributed by atoms with Gasteiger partial charge in [-0.3, -0.25) is 14.6 Å². The van der Waals surface area contributed by atoms with Crippen molar-refractivity contribution >= 4 is 17.5 Å². The van der Waals surface area contributed by atoms with Crippen LogP contribution in [0.5, 0.6) is 5.75 Å². The minimum Gasteiger partial charge on any atom is -0.494 e. The third-order valence-corrected chi connectivity index (χ3v) is 4.64. The van der Waals surface area contributed by atoms with Crippen molar-refractivity contribution in [3.05, 3.63) is 89.5 Å². The fourth-order valence-corrected chi connectivity index (χ4v) is 2.93. The van der Waals surface area contributed by atoms with Gasteiger partial charge in [0.25, 0.3) is 5.91 Å². The summed E-state index contributed by atoms with van der Waals surface area (Å²) in [6.07, 6.45) is 3.22. The molecular weight excluding hydrogens is 399 g/mol. The molecule has 1 aromatic heterocycles. The van der Waals surface area contributed by atoms with Gasteiger partial charge in [-0.2, -0.15) is 0 Å². The van der Waals surface area contributed by atoms with Gasteiger partial charge in [0, 0.05) is 36.2 Å². The molecule has 1 heterocycles. The molecule has 1 unspecified atom stereocenters. The first-order chi connectivity index (χ1) is 15.0. The van der Waals surface area contributed by atoms with Crippen molar-refractivity contribution in [1.82, 2.24) is 10.3 Å². The normalized spacial score (nSPS) is 11.5. The standard InChI is InChI=1S/C23H23FN4O3/c1-31-21-7-2-15(12-19(21)24)13-22(29)27-14-20(25)16-3-5-17(6-4-16)23(30)28-18-8-10-26-11-9-18/h2-12,20H,13-14,25H2,1H3,(H,27,29)(H,26,28,30). The average molecular weight is 422 g/mol. The van der Waals surface area contributed by atoms with Gasteiger partial charge in [0.15, 0.2) is 11.6 Å². The summed E-state index contributed by atoms with van der Waals surface area (Å²) < 4.78 is 18.6. The van der Waals surface area contributed by atoms with Crippen LogP contribution in [-0.2, 0) is 11.2 Å². The number of hydrogen-bond acceptors (Lipinski definition) is 5. The van der Waals surface area contributed by atoms with Crippen LogP contribution in [0.1, 0.15) is 27.5 Å². The second-order valence-corrected chi connectivity index (χ2v) is 6.87. The molecule has 7 nitrogen and oxygen atoms in total. The molecule has 0 saturated carbocycles. The predicted octanol–water partition coefficient (Wildman–Crippen LogP) is 2.84. The molecule has 4 N–H and O–H groups in total. The summed E-state index contributed by atoms with van der Waals surface area (Å²) in [6.45, 7) is 0.208. The number of nitrogens with two attached hydrogens (primary N) is 1. The Morgan fingerprint density at radius 2 is 1.81 bits per heavy atom. The van der Waals surface area contributed by atoms with Crippen molar-refractivity contribution < 1.29 is 18.7 Å². The summed E-state index contributed by atoms with van der Waals surface area (Å²) in [5.74, 6) is -0.902. The number of hydrogen-bond donors (Lipinski definition) is 3. The fourth-order valence-electron chi connectivity index (χ4n) is 2.93. The third-order valence-electron chi connectivity index (χ3n) is 4.64. The lowest BCUT2D eigenvalue weighted by molar-refractivity contribution is -0.120. The summed E-state index contributed by atoms with van der Waals surface area (Å²) in [6, 6.07) is 14.2. The topological polar surface area (TPSA) is 106 Å². The SMILES string of the molecule is COc1ccc(CC(=O)NCC(N)c2ccc(C(=O)Nc3ccncc3)cc2)cc1F. The molecule has 1 atom stereocenters. The van der Waals surface area contributed by atoms with Crippen LogP contribution in [0.15, 0.2) is 67.0 Å². The molecule has 0 fully saturated rings. The molecule has 3 rings (SSSR count). The van der Waals surface area contributed by atoms with E-state index in [0.717, 1.165) is 5.56 Å². The Morgan fingerprint density at radius 1 is 1.10 bits per heavy atom. The monoisotopic (exact) mass is 422 g/mol. The molecule has 0 aliphatic rings. The molecule has 2 aromatic carbocycles. The largest absolute Gasteiger partial charge is 0.494 e. The van der Waals surface area contributed by atoms with Gasteiger partial charge in [-0.15, -0.1) is 0 Å². The molecule has 0 radical (unpaired) electrons. The number of pyridine rings is 1. The van der Waals surface area contributed by atoms with E-state index in [9.17, 15) is 14.0 Å². The van der Waals surface area contributed by atoms with Gasteiger partial charge in [0.05, 0.1) is 13.5 Å². The lowest BCUT2D eigenvalue weighted by Crippen LogP contribution is -2.32. The van der Waals surface area contributed by atoms with E-state index in [2.05, 4.69) is 15.6 Å². The van der Waals surface area contributed by atoms with Crippen molar-refractivity contribution in [3.63, 3.8) is 0 Å². The van der Waals surface area contributed by atoms with Crippen LogP contribution < -0.4 is 21.1 Å². The molecule has 2 amide bonds. The molecule has 0 spiro atoms. The molecule has 8 heteroatoms. The van der Waals surface area contributed by atoms with E-state index in [4.69, 9.17) is 10.5 Å². The second kappa shape index (κ2) is 10.3. The molecule has 160 valence electrons. The summed E-state index contributed by atoms with van der Waals surface area (Å²) >= 11 is 0. The van der Waals surface area contributed by atoms with Gasteiger partial charge in [0.1, 0.15) is 0 Å². The number of amides is 2. The fraction of sp³-hybridized carbons (Fsp3) is 0.174. The van der Waals surface area contributed by atoms with E-state index in [1.807, 2.05) is 0 Å². The van der Waals surface area contributed by atoms with Crippen LogP contribution in [-0.4, -0.2) is 30.5 Å². The summed E-state index contributed by atoms with van der Waals surface area (Å²) in [5.41, 5.74) is 8.60.